The number of halogens is 2. The molecule has 0 bridgehead atoms. The van der Waals surface area contributed by atoms with Gasteiger partial charge in [-0.05, 0) is 42.3 Å². The molecule has 78 valence electrons. The van der Waals surface area contributed by atoms with E-state index in [4.69, 9.17) is 23.2 Å². The lowest BCUT2D eigenvalue weighted by atomic mass is 10.0. The molecule has 2 rings (SSSR count). The van der Waals surface area contributed by atoms with Crippen LogP contribution in [-0.4, -0.2) is 4.98 Å². The summed E-state index contributed by atoms with van der Waals surface area (Å²) in [5.74, 6) is 0. The van der Waals surface area contributed by atoms with Gasteiger partial charge < -0.3 is 5.32 Å². The molecule has 2 nitrogen and oxygen atoms in total. The lowest BCUT2D eigenvalue weighted by Gasteiger charge is -2.29. The summed E-state index contributed by atoms with van der Waals surface area (Å²) in [6.45, 7) is 1.96. The van der Waals surface area contributed by atoms with Gasteiger partial charge in [-0.3, -0.25) is 4.98 Å². The predicted octanol–water partition coefficient (Wildman–Crippen LogP) is 3.10. The SMILES string of the molecule is CC1=CC(Cl)(c2ccncc2)NC(Cl)=C1. The Bertz CT molecular complexity index is 425. The molecular weight excluding hydrogens is 231 g/mol. The van der Waals surface area contributed by atoms with Crippen LogP contribution in [0.15, 0.2) is 47.4 Å². The Morgan fingerprint density at radius 2 is 2.00 bits per heavy atom. The van der Waals surface area contributed by atoms with E-state index in [0.29, 0.717) is 5.16 Å². The first kappa shape index (κ1) is 10.5. The topological polar surface area (TPSA) is 24.9 Å². The van der Waals surface area contributed by atoms with Crippen molar-refractivity contribution >= 4 is 23.2 Å². The van der Waals surface area contributed by atoms with E-state index < -0.39 is 5.00 Å². The van der Waals surface area contributed by atoms with Crippen molar-refractivity contribution in [2.75, 3.05) is 0 Å². The lowest BCUT2D eigenvalue weighted by molar-refractivity contribution is 0.648. The largest absolute Gasteiger partial charge is 0.350 e. The van der Waals surface area contributed by atoms with E-state index in [1.54, 1.807) is 12.4 Å². The maximum atomic E-state index is 6.45. The number of nitrogens with one attached hydrogen (secondary N) is 1. The highest BCUT2D eigenvalue weighted by Gasteiger charge is 2.29. The molecule has 1 unspecified atom stereocenters. The fourth-order valence-electron chi connectivity index (χ4n) is 1.55. The minimum Gasteiger partial charge on any atom is -0.350 e. The van der Waals surface area contributed by atoms with E-state index in [0.717, 1.165) is 11.1 Å². The van der Waals surface area contributed by atoms with Crippen molar-refractivity contribution < 1.29 is 0 Å². The van der Waals surface area contributed by atoms with Gasteiger partial charge in [-0.1, -0.05) is 23.2 Å². The summed E-state index contributed by atoms with van der Waals surface area (Å²) in [5.41, 5.74) is 1.95. The Morgan fingerprint density at radius 3 is 2.60 bits per heavy atom. The molecule has 1 atom stereocenters. The van der Waals surface area contributed by atoms with Crippen molar-refractivity contribution in [1.29, 1.82) is 0 Å². The number of dihydropyridines is 1. The highest BCUT2D eigenvalue weighted by Crippen LogP contribution is 2.33. The monoisotopic (exact) mass is 240 g/mol. The Hall–Kier alpha value is -0.990. The van der Waals surface area contributed by atoms with Crippen LogP contribution in [0.2, 0.25) is 0 Å². The summed E-state index contributed by atoms with van der Waals surface area (Å²) in [6, 6.07) is 3.72. The third-order valence-corrected chi connectivity index (χ3v) is 2.81. The third-order valence-electron chi connectivity index (χ3n) is 2.18. The molecule has 1 aliphatic heterocycles. The summed E-state index contributed by atoms with van der Waals surface area (Å²) >= 11 is 12.4. The summed E-state index contributed by atoms with van der Waals surface area (Å²) in [5, 5.41) is 3.57. The zero-order valence-corrected chi connectivity index (χ0v) is 9.68. The number of aromatic nitrogens is 1. The van der Waals surface area contributed by atoms with E-state index >= 15 is 0 Å². The summed E-state index contributed by atoms with van der Waals surface area (Å²) in [7, 11) is 0. The Labute approximate surface area is 98.6 Å². The van der Waals surface area contributed by atoms with Gasteiger partial charge in [-0.25, -0.2) is 0 Å². The number of hydrogen-bond acceptors (Lipinski definition) is 2. The molecule has 4 heteroatoms. The van der Waals surface area contributed by atoms with E-state index in [-0.39, 0.29) is 0 Å². The van der Waals surface area contributed by atoms with Crippen LogP contribution in [-0.2, 0) is 5.00 Å². The quantitative estimate of drug-likeness (QED) is 0.603. The molecule has 0 spiro atoms. The van der Waals surface area contributed by atoms with Gasteiger partial charge in [0.15, 0.2) is 5.00 Å². The Kier molecular flexibility index (Phi) is 2.72. The maximum Gasteiger partial charge on any atom is 0.158 e. The summed E-state index contributed by atoms with van der Waals surface area (Å²) in [6.07, 6.45) is 7.17. The molecule has 0 radical (unpaired) electrons. The smallest absolute Gasteiger partial charge is 0.158 e. The first-order valence-electron chi connectivity index (χ1n) is 4.54. The minimum atomic E-state index is -0.765. The second kappa shape index (κ2) is 3.87. The molecular formula is C11H10Cl2N2. The fraction of sp³-hybridized carbons (Fsp3) is 0.182. The molecule has 0 aromatic carbocycles. The second-order valence-corrected chi connectivity index (χ2v) is 4.46. The van der Waals surface area contributed by atoms with Crippen LogP contribution in [0.25, 0.3) is 0 Å². The molecule has 1 aromatic heterocycles. The molecule has 2 heterocycles. The molecule has 1 aliphatic rings. The third kappa shape index (κ3) is 2.16. The summed E-state index contributed by atoms with van der Waals surface area (Å²) in [4.78, 5) is 3.19. The Balaban J connectivity index is 2.42. The predicted molar refractivity (Wildman–Crippen MR) is 62.6 cm³/mol. The first-order valence-corrected chi connectivity index (χ1v) is 5.30. The number of hydrogen-bond donors (Lipinski definition) is 1. The molecule has 1 aromatic rings. The average molecular weight is 241 g/mol. The molecule has 0 saturated carbocycles. The van der Waals surface area contributed by atoms with Gasteiger partial charge in [0.2, 0.25) is 0 Å². The highest BCUT2D eigenvalue weighted by atomic mass is 35.5. The standard InChI is InChI=1S/C11H10Cl2N2/c1-8-6-10(12)15-11(13,7-8)9-2-4-14-5-3-9/h2-7,15H,1H3. The molecule has 0 fully saturated rings. The van der Waals surface area contributed by atoms with Crippen LogP contribution in [0.3, 0.4) is 0 Å². The van der Waals surface area contributed by atoms with Crippen LogP contribution in [0.4, 0.5) is 0 Å². The van der Waals surface area contributed by atoms with E-state index in [1.165, 1.54) is 0 Å². The van der Waals surface area contributed by atoms with Crippen molar-refractivity contribution in [2.24, 2.45) is 0 Å². The van der Waals surface area contributed by atoms with Crippen LogP contribution >= 0.6 is 23.2 Å². The van der Waals surface area contributed by atoms with Gasteiger partial charge in [0.25, 0.3) is 0 Å². The van der Waals surface area contributed by atoms with Gasteiger partial charge in [0.1, 0.15) is 5.16 Å². The molecule has 0 amide bonds. The van der Waals surface area contributed by atoms with E-state index in [2.05, 4.69) is 10.3 Å². The van der Waals surface area contributed by atoms with E-state index in [1.807, 2.05) is 31.2 Å². The van der Waals surface area contributed by atoms with Crippen LogP contribution in [0.5, 0.6) is 0 Å². The van der Waals surface area contributed by atoms with Crippen LogP contribution in [0, 0.1) is 0 Å². The molecule has 15 heavy (non-hydrogen) atoms. The lowest BCUT2D eigenvalue weighted by Crippen LogP contribution is -2.35. The van der Waals surface area contributed by atoms with Gasteiger partial charge in [0, 0.05) is 12.4 Å². The average Bonchev–Trinajstić information content (AvgIpc) is 2.17. The van der Waals surface area contributed by atoms with Gasteiger partial charge >= 0.3 is 0 Å². The first-order chi connectivity index (χ1) is 7.10. The Morgan fingerprint density at radius 1 is 1.33 bits per heavy atom. The zero-order chi connectivity index (χ0) is 10.9. The van der Waals surface area contributed by atoms with Gasteiger partial charge in [0.05, 0.1) is 0 Å². The maximum absolute atomic E-state index is 6.45. The highest BCUT2D eigenvalue weighted by molar-refractivity contribution is 6.31. The number of allylic oxidation sites excluding steroid dienone is 2. The van der Waals surface area contributed by atoms with Crippen molar-refractivity contribution in [2.45, 2.75) is 11.9 Å². The van der Waals surface area contributed by atoms with E-state index in [9.17, 15) is 0 Å². The fourth-order valence-corrected chi connectivity index (χ4v) is 2.32. The van der Waals surface area contributed by atoms with Crippen LogP contribution < -0.4 is 5.32 Å². The van der Waals surface area contributed by atoms with Crippen LogP contribution in [0.1, 0.15) is 12.5 Å². The van der Waals surface area contributed by atoms with Crippen molar-refractivity contribution in [1.82, 2.24) is 10.3 Å². The normalized spacial score (nSPS) is 25.3. The second-order valence-electron chi connectivity index (χ2n) is 3.45. The van der Waals surface area contributed by atoms with Crippen molar-refractivity contribution in [3.8, 4) is 0 Å². The number of alkyl halides is 1. The molecule has 0 saturated heterocycles. The molecule has 0 aliphatic carbocycles. The number of nitrogens with zero attached hydrogens (tertiary/aromatic N) is 1. The number of rotatable bonds is 1. The minimum absolute atomic E-state index is 0.543. The van der Waals surface area contributed by atoms with Crippen molar-refractivity contribution in [3.63, 3.8) is 0 Å². The number of pyridine rings is 1. The zero-order valence-electron chi connectivity index (χ0n) is 8.17. The molecule has 1 N–H and O–H groups in total. The summed E-state index contributed by atoms with van der Waals surface area (Å²) < 4.78 is 0. The van der Waals surface area contributed by atoms with Gasteiger partial charge in [-0.15, -0.1) is 0 Å². The van der Waals surface area contributed by atoms with Gasteiger partial charge in [-0.2, -0.15) is 0 Å². The van der Waals surface area contributed by atoms with Crippen molar-refractivity contribution in [3.05, 3.63) is 53.0 Å².